The van der Waals surface area contributed by atoms with E-state index in [1.807, 2.05) is 0 Å². The minimum Gasteiger partial charge on any atom is -0.477 e. The van der Waals surface area contributed by atoms with Crippen molar-refractivity contribution in [1.82, 2.24) is 4.98 Å². The first-order valence-electron chi connectivity index (χ1n) is 4.74. The highest BCUT2D eigenvalue weighted by atomic mass is 19.4. The normalized spacial score (nSPS) is 12.8. The zero-order chi connectivity index (χ0) is 14.8. The van der Waals surface area contributed by atoms with E-state index in [1.54, 1.807) is 0 Å². The van der Waals surface area contributed by atoms with Crippen molar-refractivity contribution in [2.75, 3.05) is 0 Å². The van der Waals surface area contributed by atoms with Crippen molar-refractivity contribution in [2.24, 2.45) is 0 Å². The molecule has 0 aliphatic heterocycles. The number of nitro groups is 1. The summed E-state index contributed by atoms with van der Waals surface area (Å²) in [6.45, 7) is 0.698. The fraction of sp³-hybridized carbons (Fsp3) is 0.333. The molecule has 0 aliphatic rings. The average molecular weight is 280 g/mol. The first kappa shape index (κ1) is 14.7. The molecule has 0 bridgehead atoms. The van der Waals surface area contributed by atoms with Crippen LogP contribution in [0, 0.1) is 10.1 Å². The van der Waals surface area contributed by atoms with Crippen LogP contribution in [-0.4, -0.2) is 33.3 Å². The van der Waals surface area contributed by atoms with Gasteiger partial charge in [-0.1, -0.05) is 0 Å². The molecule has 0 saturated carbocycles. The first-order chi connectivity index (χ1) is 8.62. The molecule has 1 aromatic heterocycles. The Morgan fingerprint density at radius 2 is 2.16 bits per heavy atom. The molecular formula is C9H7F3N2O5. The summed E-state index contributed by atoms with van der Waals surface area (Å²) in [5.41, 5.74) is -1.64. The molecule has 0 spiro atoms. The second-order valence-electron chi connectivity index (χ2n) is 3.40. The van der Waals surface area contributed by atoms with Crippen LogP contribution in [-0.2, 0) is 0 Å². The van der Waals surface area contributed by atoms with Crippen LogP contribution in [0.4, 0.5) is 18.9 Å². The molecule has 104 valence electrons. The predicted molar refractivity (Wildman–Crippen MR) is 54.0 cm³/mol. The zero-order valence-corrected chi connectivity index (χ0v) is 9.34. The summed E-state index contributed by atoms with van der Waals surface area (Å²) in [5.74, 6) is -2.33. The lowest BCUT2D eigenvalue weighted by atomic mass is 10.2. The second kappa shape index (κ2) is 5.08. The number of ether oxygens (including phenoxy) is 1. The quantitative estimate of drug-likeness (QED) is 0.668. The number of halogens is 3. The Morgan fingerprint density at radius 3 is 2.58 bits per heavy atom. The lowest BCUT2D eigenvalue weighted by Crippen LogP contribution is -2.31. The number of carboxylic acids is 1. The van der Waals surface area contributed by atoms with Gasteiger partial charge in [0.2, 0.25) is 5.88 Å². The molecule has 0 radical (unpaired) electrons. The average Bonchev–Trinajstić information content (AvgIpc) is 2.27. The van der Waals surface area contributed by atoms with Crippen LogP contribution >= 0.6 is 0 Å². The van der Waals surface area contributed by atoms with Crippen molar-refractivity contribution in [3.05, 3.63) is 27.9 Å². The standard InChI is InChI=1S/C9H7F3N2O5/c1-4(9(10,11)12)19-7-2-5(8(15)16)6(3-13-7)14(17)18/h2-4H,1H3,(H,15,16). The SMILES string of the molecule is CC(Oc1cc(C(=O)O)c([N+](=O)[O-])cn1)C(F)(F)F. The van der Waals surface area contributed by atoms with Gasteiger partial charge in [0.15, 0.2) is 6.10 Å². The summed E-state index contributed by atoms with van der Waals surface area (Å²) >= 11 is 0. The van der Waals surface area contributed by atoms with Crippen LogP contribution in [0.2, 0.25) is 0 Å². The molecule has 1 aromatic rings. The molecule has 7 nitrogen and oxygen atoms in total. The van der Waals surface area contributed by atoms with Gasteiger partial charge in [-0.05, 0) is 6.92 Å². The number of hydrogen-bond donors (Lipinski definition) is 1. The topological polar surface area (TPSA) is 103 Å². The smallest absolute Gasteiger partial charge is 0.425 e. The third-order valence-electron chi connectivity index (χ3n) is 2.04. The maximum Gasteiger partial charge on any atom is 0.425 e. The molecule has 0 aliphatic carbocycles. The van der Waals surface area contributed by atoms with E-state index in [-0.39, 0.29) is 0 Å². The number of carbonyl (C=O) groups is 1. The van der Waals surface area contributed by atoms with E-state index in [4.69, 9.17) is 5.11 Å². The number of carboxylic acid groups (broad SMARTS) is 1. The largest absolute Gasteiger partial charge is 0.477 e. The number of aromatic nitrogens is 1. The van der Waals surface area contributed by atoms with E-state index >= 15 is 0 Å². The highest BCUT2D eigenvalue weighted by Crippen LogP contribution is 2.26. The highest BCUT2D eigenvalue weighted by molar-refractivity contribution is 5.92. The molecule has 1 heterocycles. The Morgan fingerprint density at radius 1 is 1.58 bits per heavy atom. The molecule has 10 heteroatoms. The first-order valence-corrected chi connectivity index (χ1v) is 4.74. The van der Waals surface area contributed by atoms with E-state index in [2.05, 4.69) is 9.72 Å². The number of hydrogen-bond acceptors (Lipinski definition) is 5. The zero-order valence-electron chi connectivity index (χ0n) is 9.34. The van der Waals surface area contributed by atoms with Crippen molar-refractivity contribution in [3.63, 3.8) is 0 Å². The summed E-state index contributed by atoms with van der Waals surface area (Å²) in [5, 5.41) is 19.2. The van der Waals surface area contributed by atoms with E-state index in [9.17, 15) is 28.1 Å². The number of aromatic carboxylic acids is 1. The van der Waals surface area contributed by atoms with Crippen LogP contribution in [0.1, 0.15) is 17.3 Å². The second-order valence-corrected chi connectivity index (χ2v) is 3.40. The van der Waals surface area contributed by atoms with Crippen LogP contribution in [0.15, 0.2) is 12.3 Å². The fourth-order valence-corrected chi connectivity index (χ4v) is 1.06. The van der Waals surface area contributed by atoms with Gasteiger partial charge in [-0.15, -0.1) is 0 Å². The monoisotopic (exact) mass is 280 g/mol. The van der Waals surface area contributed by atoms with Crippen molar-refractivity contribution in [1.29, 1.82) is 0 Å². The predicted octanol–water partition coefficient (Wildman–Crippen LogP) is 2.02. The molecule has 0 fully saturated rings. The number of rotatable bonds is 4. The summed E-state index contributed by atoms with van der Waals surface area (Å²) in [6, 6.07) is 0.572. The molecule has 0 aromatic carbocycles. The Kier molecular flexibility index (Phi) is 3.92. The van der Waals surface area contributed by atoms with Gasteiger partial charge in [0.05, 0.1) is 4.92 Å². The molecule has 0 amide bonds. The van der Waals surface area contributed by atoms with E-state index in [0.717, 1.165) is 0 Å². The third-order valence-corrected chi connectivity index (χ3v) is 2.04. The number of nitrogens with zero attached hydrogens (tertiary/aromatic N) is 2. The number of alkyl halides is 3. The Bertz CT molecular complexity index is 517. The molecule has 1 N–H and O–H groups in total. The van der Waals surface area contributed by atoms with E-state index in [0.29, 0.717) is 19.2 Å². The van der Waals surface area contributed by atoms with Gasteiger partial charge in [0.25, 0.3) is 0 Å². The summed E-state index contributed by atoms with van der Waals surface area (Å²) in [7, 11) is 0. The molecule has 1 rings (SSSR count). The van der Waals surface area contributed by atoms with Gasteiger partial charge >= 0.3 is 17.8 Å². The summed E-state index contributed by atoms with van der Waals surface area (Å²) in [4.78, 5) is 23.5. The maximum atomic E-state index is 12.2. The minimum atomic E-state index is -4.66. The van der Waals surface area contributed by atoms with Crippen molar-refractivity contribution >= 4 is 11.7 Å². The van der Waals surface area contributed by atoms with Crippen molar-refractivity contribution < 1.29 is 32.7 Å². The van der Waals surface area contributed by atoms with Crippen molar-refractivity contribution in [2.45, 2.75) is 19.2 Å². The van der Waals surface area contributed by atoms with Crippen LogP contribution in [0.25, 0.3) is 0 Å². The van der Waals surface area contributed by atoms with Crippen LogP contribution < -0.4 is 4.74 Å². The number of pyridine rings is 1. The van der Waals surface area contributed by atoms with E-state index in [1.165, 1.54) is 0 Å². The molecular weight excluding hydrogens is 273 g/mol. The minimum absolute atomic E-state index is 0.530. The van der Waals surface area contributed by atoms with Gasteiger partial charge in [0.1, 0.15) is 11.8 Å². The molecule has 1 atom stereocenters. The Labute approximate surface area is 103 Å². The van der Waals surface area contributed by atoms with Crippen LogP contribution in [0.3, 0.4) is 0 Å². The molecule has 19 heavy (non-hydrogen) atoms. The summed E-state index contributed by atoms with van der Waals surface area (Å²) in [6.07, 6.45) is -6.35. The maximum absolute atomic E-state index is 12.2. The van der Waals surface area contributed by atoms with E-state index < -0.39 is 40.3 Å². The van der Waals surface area contributed by atoms with Gasteiger partial charge in [-0.2, -0.15) is 13.2 Å². The Balaban J connectivity index is 3.10. The lowest BCUT2D eigenvalue weighted by Gasteiger charge is -2.16. The molecule has 1 unspecified atom stereocenters. The molecule has 0 saturated heterocycles. The van der Waals surface area contributed by atoms with Gasteiger partial charge < -0.3 is 9.84 Å². The van der Waals surface area contributed by atoms with Gasteiger partial charge in [-0.3, -0.25) is 10.1 Å². The summed E-state index contributed by atoms with van der Waals surface area (Å²) < 4.78 is 41.1. The Hall–Kier alpha value is -2.39. The van der Waals surface area contributed by atoms with Gasteiger partial charge in [-0.25, -0.2) is 9.78 Å². The van der Waals surface area contributed by atoms with Crippen molar-refractivity contribution in [3.8, 4) is 5.88 Å². The highest BCUT2D eigenvalue weighted by Gasteiger charge is 2.38. The third kappa shape index (κ3) is 3.53. The fourth-order valence-electron chi connectivity index (χ4n) is 1.06. The van der Waals surface area contributed by atoms with Crippen LogP contribution in [0.5, 0.6) is 5.88 Å². The van der Waals surface area contributed by atoms with Gasteiger partial charge in [0, 0.05) is 6.07 Å². The lowest BCUT2D eigenvalue weighted by molar-refractivity contribution is -0.385.